The molecular weight excluding hydrogens is 428 g/mol. The van der Waals surface area contributed by atoms with E-state index in [1.807, 2.05) is 35.0 Å². The summed E-state index contributed by atoms with van der Waals surface area (Å²) in [6.07, 6.45) is 1.69. The van der Waals surface area contributed by atoms with Crippen LogP contribution in [0.3, 0.4) is 0 Å². The van der Waals surface area contributed by atoms with Crippen molar-refractivity contribution < 1.29 is 14.9 Å². The zero-order chi connectivity index (χ0) is 23.2. The summed E-state index contributed by atoms with van der Waals surface area (Å²) in [4.78, 5) is 8.58. The fourth-order valence-corrected chi connectivity index (χ4v) is 4.75. The van der Waals surface area contributed by atoms with Crippen molar-refractivity contribution in [1.29, 1.82) is 0 Å². The molecule has 3 atom stereocenters. The molecule has 7 heteroatoms. The average molecular weight is 450 g/mol. The number of nitrogen functional groups attached to an aromatic ring is 1. The molecule has 7 nitrogen and oxygen atoms in total. The van der Waals surface area contributed by atoms with Crippen LogP contribution in [-0.2, 0) is 4.74 Å². The van der Waals surface area contributed by atoms with Crippen molar-refractivity contribution in [2.45, 2.75) is 24.9 Å². The molecule has 4 N–H and O–H groups in total. The summed E-state index contributed by atoms with van der Waals surface area (Å²) in [5.41, 5.74) is 8.44. The Morgan fingerprint density at radius 2 is 1.74 bits per heavy atom. The number of nitrogens with two attached hydrogens (primary N) is 1. The first-order chi connectivity index (χ1) is 16.6. The van der Waals surface area contributed by atoms with Gasteiger partial charge in [-0.15, -0.1) is 0 Å². The van der Waals surface area contributed by atoms with Gasteiger partial charge < -0.3 is 25.3 Å². The van der Waals surface area contributed by atoms with Crippen LogP contribution in [-0.4, -0.2) is 43.6 Å². The monoisotopic (exact) mass is 450 g/mol. The number of hydrogen-bond acceptors (Lipinski definition) is 6. The Balaban J connectivity index is 1.54. The number of benzene rings is 3. The van der Waals surface area contributed by atoms with Gasteiger partial charge in [0.1, 0.15) is 30.1 Å². The van der Waals surface area contributed by atoms with Gasteiger partial charge in [-0.25, -0.2) is 9.97 Å². The largest absolute Gasteiger partial charge is 0.394 e. The number of aliphatic hydroxyl groups is 2. The highest BCUT2D eigenvalue weighted by molar-refractivity contribution is 6.05. The lowest BCUT2D eigenvalue weighted by atomic mass is 9.97. The molecule has 0 amide bonds. The number of ether oxygens (including phenoxy) is 1. The maximum absolute atomic E-state index is 10.2. The molecule has 5 aromatic rings. The molecule has 1 saturated heterocycles. The molecule has 6 rings (SSSR count). The summed E-state index contributed by atoms with van der Waals surface area (Å²) >= 11 is 0. The lowest BCUT2D eigenvalue weighted by Crippen LogP contribution is -2.24. The van der Waals surface area contributed by atoms with E-state index in [-0.39, 0.29) is 6.61 Å². The van der Waals surface area contributed by atoms with Gasteiger partial charge in [-0.3, -0.25) is 0 Å². The minimum Gasteiger partial charge on any atom is -0.394 e. The first-order valence-electron chi connectivity index (χ1n) is 11.1. The summed E-state index contributed by atoms with van der Waals surface area (Å²) in [6, 6.07) is 18.6. The van der Waals surface area contributed by atoms with Crippen molar-refractivity contribution in [3.63, 3.8) is 0 Å². The van der Waals surface area contributed by atoms with Crippen LogP contribution in [0, 0.1) is 11.8 Å². The van der Waals surface area contributed by atoms with Crippen molar-refractivity contribution in [2.24, 2.45) is 0 Å². The molecule has 0 radical (unpaired) electrons. The van der Waals surface area contributed by atoms with E-state index in [1.165, 1.54) is 6.33 Å². The average Bonchev–Trinajstić information content (AvgIpc) is 3.42. The van der Waals surface area contributed by atoms with Crippen molar-refractivity contribution >= 4 is 38.4 Å². The van der Waals surface area contributed by atoms with Gasteiger partial charge in [0.25, 0.3) is 0 Å². The SMILES string of the molecule is Nc1ncnc2c1c(C#Cc1c3ccccc3cc3ccccc13)cn2[C@H]1C[C@H](O)[C@@H](CO)O1. The van der Waals surface area contributed by atoms with E-state index in [1.54, 1.807) is 0 Å². The zero-order valence-electron chi connectivity index (χ0n) is 18.2. The minimum atomic E-state index is -0.761. The highest BCUT2D eigenvalue weighted by atomic mass is 16.5. The van der Waals surface area contributed by atoms with Crippen LogP contribution < -0.4 is 5.73 Å². The topological polar surface area (TPSA) is 106 Å². The fraction of sp³-hybridized carbons (Fsp3) is 0.185. The van der Waals surface area contributed by atoms with Gasteiger partial charge >= 0.3 is 0 Å². The number of fused-ring (bicyclic) bond motifs is 3. The standard InChI is InChI=1S/C27H22N4O3/c28-26-25-18(13-31(27(25)30-15-29-26)24-12-22(33)23(14-32)34-24)9-10-21-19-7-3-1-5-16(19)11-17-6-2-4-8-20(17)21/h1-8,11,13,15,22-24,32-33H,12,14H2,(H2,28,29,30)/t22-,23+,24+/m0/s1. The molecule has 0 bridgehead atoms. The second-order valence-corrected chi connectivity index (χ2v) is 8.47. The summed E-state index contributed by atoms with van der Waals surface area (Å²) in [5.74, 6) is 7.03. The predicted molar refractivity (Wildman–Crippen MR) is 131 cm³/mol. The molecule has 1 fully saturated rings. The Morgan fingerprint density at radius 1 is 1.03 bits per heavy atom. The summed E-state index contributed by atoms with van der Waals surface area (Å²) in [6.45, 7) is -0.255. The molecule has 1 aliphatic rings. The van der Waals surface area contributed by atoms with E-state index >= 15 is 0 Å². The van der Waals surface area contributed by atoms with Crippen LogP contribution in [0.2, 0.25) is 0 Å². The highest BCUT2D eigenvalue weighted by Crippen LogP contribution is 2.34. The van der Waals surface area contributed by atoms with Crippen molar-refractivity contribution in [3.8, 4) is 11.8 Å². The van der Waals surface area contributed by atoms with Crippen LogP contribution >= 0.6 is 0 Å². The number of aliphatic hydroxyl groups excluding tert-OH is 2. The molecule has 34 heavy (non-hydrogen) atoms. The molecule has 2 aromatic heterocycles. The van der Waals surface area contributed by atoms with E-state index in [0.717, 1.165) is 27.1 Å². The number of hydrogen-bond donors (Lipinski definition) is 3. The molecule has 0 unspecified atom stereocenters. The highest BCUT2D eigenvalue weighted by Gasteiger charge is 2.35. The Morgan fingerprint density at radius 3 is 2.41 bits per heavy atom. The minimum absolute atomic E-state index is 0.255. The number of aromatic nitrogens is 3. The van der Waals surface area contributed by atoms with E-state index in [4.69, 9.17) is 10.5 Å². The van der Waals surface area contributed by atoms with Crippen LogP contribution in [0.4, 0.5) is 5.82 Å². The summed E-state index contributed by atoms with van der Waals surface area (Å²) < 4.78 is 7.68. The van der Waals surface area contributed by atoms with Gasteiger partial charge in [0.2, 0.25) is 0 Å². The van der Waals surface area contributed by atoms with Gasteiger partial charge in [0.05, 0.1) is 23.7 Å². The lowest BCUT2D eigenvalue weighted by molar-refractivity contribution is -0.0430. The van der Waals surface area contributed by atoms with Crippen molar-refractivity contribution in [3.05, 3.63) is 78.2 Å². The molecule has 0 spiro atoms. The number of nitrogens with zero attached hydrogens (tertiary/aromatic N) is 3. The van der Waals surface area contributed by atoms with Crippen LogP contribution in [0.1, 0.15) is 23.8 Å². The molecule has 3 aromatic carbocycles. The maximum atomic E-state index is 10.2. The number of anilines is 1. The van der Waals surface area contributed by atoms with E-state index in [2.05, 4.69) is 52.1 Å². The second kappa shape index (κ2) is 8.12. The van der Waals surface area contributed by atoms with Crippen molar-refractivity contribution in [1.82, 2.24) is 14.5 Å². The van der Waals surface area contributed by atoms with E-state index in [9.17, 15) is 10.2 Å². The Bertz CT molecular complexity index is 1560. The third-order valence-corrected chi connectivity index (χ3v) is 6.43. The number of rotatable bonds is 2. The quantitative estimate of drug-likeness (QED) is 0.281. The first-order valence-corrected chi connectivity index (χ1v) is 11.1. The summed E-state index contributed by atoms with van der Waals surface area (Å²) in [5, 5.41) is 24.8. The summed E-state index contributed by atoms with van der Waals surface area (Å²) in [7, 11) is 0. The predicted octanol–water partition coefficient (Wildman–Crippen LogP) is 3.36. The van der Waals surface area contributed by atoms with Gasteiger partial charge in [-0.2, -0.15) is 0 Å². The Labute approximate surface area is 195 Å². The molecular formula is C27H22N4O3. The first kappa shape index (κ1) is 20.6. The molecule has 3 heterocycles. The third-order valence-electron chi connectivity index (χ3n) is 6.43. The molecule has 1 aliphatic heterocycles. The lowest BCUT2D eigenvalue weighted by Gasteiger charge is -2.14. The van der Waals surface area contributed by atoms with Crippen molar-refractivity contribution in [2.75, 3.05) is 12.3 Å². The Kier molecular flexibility index (Phi) is 4.93. The van der Waals surface area contributed by atoms with Gasteiger partial charge in [0.15, 0.2) is 0 Å². The van der Waals surface area contributed by atoms with Gasteiger partial charge in [-0.05, 0) is 27.6 Å². The fourth-order valence-electron chi connectivity index (χ4n) is 4.75. The second-order valence-electron chi connectivity index (χ2n) is 8.47. The maximum Gasteiger partial charge on any atom is 0.148 e. The van der Waals surface area contributed by atoms with E-state index < -0.39 is 18.4 Å². The normalized spacial score (nSPS) is 20.1. The van der Waals surface area contributed by atoms with Crippen LogP contribution in [0.25, 0.3) is 32.6 Å². The molecule has 0 aliphatic carbocycles. The zero-order valence-corrected chi connectivity index (χ0v) is 18.2. The van der Waals surface area contributed by atoms with Gasteiger partial charge in [-0.1, -0.05) is 60.4 Å². The third kappa shape index (κ3) is 3.28. The van der Waals surface area contributed by atoms with Crippen LogP contribution in [0.5, 0.6) is 0 Å². The molecule has 168 valence electrons. The van der Waals surface area contributed by atoms with Gasteiger partial charge in [0, 0.05) is 18.2 Å². The molecule has 0 saturated carbocycles. The van der Waals surface area contributed by atoms with E-state index in [0.29, 0.717) is 28.8 Å². The van der Waals surface area contributed by atoms with Crippen LogP contribution in [0.15, 0.2) is 67.1 Å². The Hall–Kier alpha value is -3.96. The smallest absolute Gasteiger partial charge is 0.148 e.